The van der Waals surface area contributed by atoms with Gasteiger partial charge in [0.1, 0.15) is 54.9 Å². The molecule has 2 saturated heterocycles. The fourth-order valence-corrected chi connectivity index (χ4v) is 9.31. The van der Waals surface area contributed by atoms with Crippen LogP contribution in [0.3, 0.4) is 0 Å². The number of unbranched alkanes of at least 4 members (excludes halogenated alkanes) is 23. The molecule has 7 N–H and O–H groups in total. The predicted octanol–water partition coefficient (Wildman–Crippen LogP) is 11.4. The van der Waals surface area contributed by atoms with Gasteiger partial charge in [0.2, 0.25) is 0 Å². The van der Waals surface area contributed by atoms with Crippen LogP contribution in [0, 0.1) is 0 Å². The summed E-state index contributed by atoms with van der Waals surface area (Å²) in [5.74, 6) is -0.383. The maximum Gasteiger partial charge on any atom is 0.306 e. The van der Waals surface area contributed by atoms with Gasteiger partial charge in [0.25, 0.3) is 0 Å². The van der Waals surface area contributed by atoms with Gasteiger partial charge < -0.3 is 64.2 Å². The summed E-state index contributed by atoms with van der Waals surface area (Å²) in [5, 5.41) is 72.4. The molecule has 0 radical (unpaired) electrons. The molecule has 0 aromatic carbocycles. The molecule has 2 aliphatic heterocycles. The van der Waals surface area contributed by atoms with Gasteiger partial charge in [-0.3, -0.25) is 4.79 Å². The maximum absolute atomic E-state index is 13.1. The quantitative estimate of drug-likeness (QED) is 0.0172. The molecule has 77 heavy (non-hydrogen) atoms. The number of rotatable bonds is 49. The number of hydrogen-bond acceptors (Lipinski definition) is 14. The summed E-state index contributed by atoms with van der Waals surface area (Å²) in [6, 6.07) is 0. The number of carbonyl (C=O) groups is 1. The lowest BCUT2D eigenvalue weighted by Crippen LogP contribution is -2.61. The van der Waals surface area contributed by atoms with Gasteiger partial charge in [-0.1, -0.05) is 202 Å². The SMILES string of the molecule is CC/C=C\C/C=C\C/C=C\C/C=C\C/C=C\CCCCCCCCCCCCOCC(COC1OC(COC2OC(CO)C(O)C(O)C2O)C(O)C(O)C1O)OC(=O)CCCCCCCCC/C=C\CCCCCCCC. The highest BCUT2D eigenvalue weighted by molar-refractivity contribution is 5.69. The zero-order valence-corrected chi connectivity index (χ0v) is 47.9. The second kappa shape index (κ2) is 49.3. The molecule has 2 rings (SSSR count). The van der Waals surface area contributed by atoms with Crippen LogP contribution in [-0.2, 0) is 33.2 Å². The van der Waals surface area contributed by atoms with Crippen LogP contribution < -0.4 is 0 Å². The van der Waals surface area contributed by atoms with Crippen LogP contribution >= 0.6 is 0 Å². The van der Waals surface area contributed by atoms with Crippen molar-refractivity contribution < 1.29 is 69.0 Å². The van der Waals surface area contributed by atoms with Crippen molar-refractivity contribution in [1.82, 2.24) is 0 Å². The first-order valence-corrected chi connectivity index (χ1v) is 30.5. The van der Waals surface area contributed by atoms with E-state index in [0.717, 1.165) is 83.5 Å². The van der Waals surface area contributed by atoms with Crippen molar-refractivity contribution in [2.24, 2.45) is 0 Å². The molecular formula is C63H110O14. The molecule has 2 fully saturated rings. The molecule has 0 aromatic heterocycles. The van der Waals surface area contributed by atoms with Gasteiger partial charge in [-0.25, -0.2) is 0 Å². The van der Waals surface area contributed by atoms with Crippen molar-refractivity contribution in [3.8, 4) is 0 Å². The van der Waals surface area contributed by atoms with Crippen LogP contribution in [0.15, 0.2) is 72.9 Å². The maximum atomic E-state index is 13.1. The van der Waals surface area contributed by atoms with Gasteiger partial charge in [0.05, 0.1) is 26.4 Å². The monoisotopic (exact) mass is 1090 g/mol. The highest BCUT2D eigenvalue weighted by Crippen LogP contribution is 2.27. The summed E-state index contributed by atoms with van der Waals surface area (Å²) in [6.45, 7) is 3.57. The average molecular weight is 1090 g/mol. The lowest BCUT2D eigenvalue weighted by molar-refractivity contribution is -0.332. The summed E-state index contributed by atoms with van der Waals surface area (Å²) >= 11 is 0. The summed E-state index contributed by atoms with van der Waals surface area (Å²) in [4.78, 5) is 13.1. The summed E-state index contributed by atoms with van der Waals surface area (Å²) < 4.78 is 34.4. The fourth-order valence-electron chi connectivity index (χ4n) is 9.31. The van der Waals surface area contributed by atoms with Gasteiger partial charge in [-0.05, 0) is 83.5 Å². The Morgan fingerprint density at radius 2 is 0.844 bits per heavy atom. The van der Waals surface area contributed by atoms with E-state index in [4.69, 9.17) is 28.4 Å². The molecule has 11 atom stereocenters. The molecule has 0 aliphatic carbocycles. The Morgan fingerprint density at radius 1 is 0.442 bits per heavy atom. The fraction of sp³-hybridized carbons (Fsp3) is 0.794. The zero-order chi connectivity index (χ0) is 55.8. The first-order chi connectivity index (χ1) is 37.6. The van der Waals surface area contributed by atoms with Crippen LogP contribution in [0.5, 0.6) is 0 Å². The summed E-state index contributed by atoms with van der Waals surface area (Å²) in [6.07, 6.45) is 46.7. The van der Waals surface area contributed by atoms with Gasteiger partial charge in [0.15, 0.2) is 12.6 Å². The van der Waals surface area contributed by atoms with Gasteiger partial charge in [-0.15, -0.1) is 0 Å². The van der Waals surface area contributed by atoms with Crippen molar-refractivity contribution in [2.75, 3.05) is 33.0 Å². The minimum absolute atomic E-state index is 0.0543. The van der Waals surface area contributed by atoms with Crippen molar-refractivity contribution in [3.05, 3.63) is 72.9 Å². The molecule has 0 bridgehead atoms. The van der Waals surface area contributed by atoms with E-state index in [2.05, 4.69) is 86.8 Å². The van der Waals surface area contributed by atoms with E-state index >= 15 is 0 Å². The average Bonchev–Trinajstić information content (AvgIpc) is 3.43. The Balaban J connectivity index is 1.69. The third-order valence-electron chi connectivity index (χ3n) is 14.2. The van der Waals surface area contributed by atoms with Crippen molar-refractivity contribution in [2.45, 2.75) is 287 Å². The molecule has 14 heteroatoms. The van der Waals surface area contributed by atoms with Crippen LogP contribution in [-0.4, -0.2) is 142 Å². The minimum Gasteiger partial charge on any atom is -0.457 e. The molecule has 14 nitrogen and oxygen atoms in total. The van der Waals surface area contributed by atoms with Crippen LogP contribution in [0.1, 0.15) is 219 Å². The van der Waals surface area contributed by atoms with E-state index in [-0.39, 0.29) is 25.6 Å². The van der Waals surface area contributed by atoms with E-state index in [0.29, 0.717) is 13.0 Å². The van der Waals surface area contributed by atoms with Crippen molar-refractivity contribution in [1.29, 1.82) is 0 Å². The van der Waals surface area contributed by atoms with Crippen LogP contribution in [0.4, 0.5) is 0 Å². The molecular weight excluding hydrogens is 981 g/mol. The molecule has 11 unspecified atom stereocenters. The Kier molecular flexibility index (Phi) is 45.1. The highest BCUT2D eigenvalue weighted by atomic mass is 16.7. The molecule has 446 valence electrons. The molecule has 0 amide bonds. The van der Waals surface area contributed by atoms with Gasteiger partial charge in [0, 0.05) is 13.0 Å². The van der Waals surface area contributed by atoms with Gasteiger partial charge in [-0.2, -0.15) is 0 Å². The minimum atomic E-state index is -1.71. The Labute approximate surface area is 466 Å². The largest absolute Gasteiger partial charge is 0.457 e. The topological polar surface area (TPSA) is 214 Å². The first kappa shape index (κ1) is 70.5. The lowest BCUT2D eigenvalue weighted by atomic mass is 9.98. The van der Waals surface area contributed by atoms with E-state index in [1.54, 1.807) is 0 Å². The van der Waals surface area contributed by atoms with Crippen molar-refractivity contribution >= 4 is 5.97 Å². The van der Waals surface area contributed by atoms with Crippen LogP contribution in [0.25, 0.3) is 0 Å². The first-order valence-electron chi connectivity index (χ1n) is 30.5. The lowest BCUT2D eigenvalue weighted by Gasteiger charge is -2.42. The zero-order valence-electron chi connectivity index (χ0n) is 47.9. The third kappa shape index (κ3) is 35.7. The predicted molar refractivity (Wildman–Crippen MR) is 307 cm³/mol. The third-order valence-corrected chi connectivity index (χ3v) is 14.2. The molecule has 0 spiro atoms. The Morgan fingerprint density at radius 3 is 1.34 bits per heavy atom. The number of aliphatic hydroxyl groups excluding tert-OH is 7. The number of carbonyl (C=O) groups excluding carboxylic acids is 1. The van der Waals surface area contributed by atoms with E-state index in [9.17, 15) is 40.5 Å². The molecule has 2 heterocycles. The Bertz CT molecular complexity index is 1550. The highest BCUT2D eigenvalue weighted by Gasteiger charge is 2.47. The van der Waals surface area contributed by atoms with Crippen LogP contribution in [0.2, 0.25) is 0 Å². The number of allylic oxidation sites excluding steroid dienone is 12. The molecule has 2 aliphatic rings. The standard InChI is InChI=1S/C63H110O14/c1-3-5-7-9-11-13-15-17-19-21-22-23-24-25-26-27-28-29-31-33-35-37-39-41-43-45-47-72-49-52(75-55(65)46-44-42-40-38-36-34-32-30-20-18-16-14-12-10-8-6-4-2)50-73-62-61(71)59(69)57(67)54(77-62)51-74-63-60(70)58(68)56(66)53(48-64)76-63/h5,7,11,13,17-20,22-23,25-26,52-54,56-64,66-71H,3-4,6,8-10,12,14-16,21,24,27-51H2,1-2H3/b7-5-,13-11-,19-17-,20-18-,23-22-,26-25-. The van der Waals surface area contributed by atoms with E-state index in [1.807, 2.05) is 0 Å². The number of aliphatic hydroxyl groups is 7. The van der Waals surface area contributed by atoms with Crippen molar-refractivity contribution in [3.63, 3.8) is 0 Å². The number of hydrogen-bond donors (Lipinski definition) is 7. The number of esters is 1. The second-order valence-electron chi connectivity index (χ2n) is 21.1. The number of ether oxygens (including phenoxy) is 6. The van der Waals surface area contributed by atoms with E-state index in [1.165, 1.54) is 109 Å². The smallest absolute Gasteiger partial charge is 0.306 e. The Hall–Kier alpha value is -2.57. The summed E-state index contributed by atoms with van der Waals surface area (Å²) in [7, 11) is 0. The summed E-state index contributed by atoms with van der Waals surface area (Å²) in [5.41, 5.74) is 0. The molecule has 0 aromatic rings. The normalized spacial score (nSPS) is 24.8. The molecule has 0 saturated carbocycles. The van der Waals surface area contributed by atoms with E-state index < -0.39 is 80.7 Å². The van der Waals surface area contributed by atoms with Gasteiger partial charge >= 0.3 is 5.97 Å². The second-order valence-corrected chi connectivity index (χ2v) is 21.1.